The average molecular weight is 222 g/mol. The summed E-state index contributed by atoms with van der Waals surface area (Å²) >= 11 is 0. The lowest BCUT2D eigenvalue weighted by molar-refractivity contribution is 0.356. The first-order valence-electron chi connectivity index (χ1n) is 6.00. The van der Waals surface area contributed by atoms with Crippen LogP contribution in [0, 0.1) is 11.3 Å². The Hall–Kier alpha value is -2.01. The number of nitriles is 1. The molecule has 2 nitrogen and oxygen atoms in total. The zero-order valence-electron chi connectivity index (χ0n) is 9.61. The molecule has 0 aromatic heterocycles. The fraction of sp³-hybridized carbons (Fsp3) is 0.267. The Kier molecular flexibility index (Phi) is 2.26. The van der Waals surface area contributed by atoms with Crippen LogP contribution in [-0.2, 0) is 0 Å². The lowest BCUT2D eigenvalue weighted by Crippen LogP contribution is -2.43. The molecule has 1 fully saturated rings. The van der Waals surface area contributed by atoms with Gasteiger partial charge in [-0.1, -0.05) is 30.3 Å². The molecule has 1 saturated carbocycles. The first kappa shape index (κ1) is 10.2. The third-order valence-corrected chi connectivity index (χ3v) is 3.55. The molecule has 2 heteroatoms. The molecular formula is C15H14N2. The summed E-state index contributed by atoms with van der Waals surface area (Å²) in [4.78, 5) is 0. The van der Waals surface area contributed by atoms with E-state index in [1.165, 1.54) is 10.8 Å². The monoisotopic (exact) mass is 222 g/mol. The van der Waals surface area contributed by atoms with Gasteiger partial charge in [0.2, 0.25) is 0 Å². The van der Waals surface area contributed by atoms with Crippen LogP contribution in [0.2, 0.25) is 0 Å². The molecule has 1 aliphatic carbocycles. The van der Waals surface area contributed by atoms with E-state index in [1.807, 2.05) is 12.1 Å². The minimum absolute atomic E-state index is 0.317. The number of nitrogens with zero attached hydrogens (tertiary/aromatic N) is 1. The van der Waals surface area contributed by atoms with Crippen molar-refractivity contribution in [1.29, 1.82) is 5.26 Å². The highest BCUT2D eigenvalue weighted by Gasteiger charge is 2.36. The number of anilines is 1. The third kappa shape index (κ3) is 1.74. The van der Waals surface area contributed by atoms with Gasteiger partial charge in [0.05, 0.1) is 6.07 Å². The van der Waals surface area contributed by atoms with Gasteiger partial charge in [-0.05, 0) is 42.2 Å². The molecule has 1 aliphatic rings. The predicted molar refractivity (Wildman–Crippen MR) is 69.8 cm³/mol. The van der Waals surface area contributed by atoms with E-state index in [9.17, 15) is 5.26 Å². The summed E-state index contributed by atoms with van der Waals surface area (Å²) in [5.41, 5.74) is 0.729. The predicted octanol–water partition coefficient (Wildman–Crippen LogP) is 3.70. The number of benzene rings is 2. The Balaban J connectivity index is 1.94. The van der Waals surface area contributed by atoms with Crippen molar-refractivity contribution < 1.29 is 0 Å². The van der Waals surface area contributed by atoms with Crippen molar-refractivity contribution in [3.8, 4) is 6.07 Å². The van der Waals surface area contributed by atoms with Crippen molar-refractivity contribution in [2.24, 2.45) is 0 Å². The number of hydrogen-bond acceptors (Lipinski definition) is 2. The van der Waals surface area contributed by atoms with E-state index in [4.69, 9.17) is 0 Å². The summed E-state index contributed by atoms with van der Waals surface area (Å²) in [6.07, 6.45) is 3.06. The van der Waals surface area contributed by atoms with Crippen molar-refractivity contribution in [2.45, 2.75) is 24.8 Å². The minimum atomic E-state index is -0.317. The third-order valence-electron chi connectivity index (χ3n) is 3.55. The molecule has 0 amide bonds. The van der Waals surface area contributed by atoms with Crippen molar-refractivity contribution >= 4 is 16.5 Å². The normalized spacial score (nSPS) is 17.1. The average Bonchev–Trinajstić information content (AvgIpc) is 2.34. The van der Waals surface area contributed by atoms with Crippen LogP contribution in [0.4, 0.5) is 5.69 Å². The van der Waals surface area contributed by atoms with E-state index in [0.29, 0.717) is 0 Å². The van der Waals surface area contributed by atoms with Gasteiger partial charge in [0, 0.05) is 5.69 Å². The molecule has 0 aliphatic heterocycles. The Morgan fingerprint density at radius 3 is 2.47 bits per heavy atom. The van der Waals surface area contributed by atoms with Gasteiger partial charge in [-0.3, -0.25) is 0 Å². The maximum atomic E-state index is 9.20. The Morgan fingerprint density at radius 1 is 1.06 bits per heavy atom. The fourth-order valence-electron chi connectivity index (χ4n) is 2.34. The summed E-state index contributed by atoms with van der Waals surface area (Å²) in [7, 11) is 0. The van der Waals surface area contributed by atoms with E-state index in [2.05, 4.69) is 41.7 Å². The molecule has 0 atom stereocenters. The molecule has 84 valence electrons. The second-order valence-corrected chi connectivity index (χ2v) is 4.73. The van der Waals surface area contributed by atoms with Crippen LogP contribution in [0.5, 0.6) is 0 Å². The van der Waals surface area contributed by atoms with Gasteiger partial charge in [-0.15, -0.1) is 0 Å². The highest BCUT2D eigenvalue weighted by molar-refractivity contribution is 5.85. The van der Waals surface area contributed by atoms with E-state index >= 15 is 0 Å². The van der Waals surface area contributed by atoms with Crippen LogP contribution < -0.4 is 5.32 Å². The molecule has 0 heterocycles. The second kappa shape index (κ2) is 3.78. The molecule has 2 aromatic rings. The summed E-state index contributed by atoms with van der Waals surface area (Å²) in [6.45, 7) is 0. The number of fused-ring (bicyclic) bond motifs is 1. The lowest BCUT2D eigenvalue weighted by Gasteiger charge is -2.36. The molecule has 2 aromatic carbocycles. The largest absolute Gasteiger partial charge is 0.367 e. The SMILES string of the molecule is N#CC1(Nc2ccc3ccccc3c2)CCC1. The van der Waals surface area contributed by atoms with Crippen LogP contribution in [0.25, 0.3) is 10.8 Å². The molecular weight excluding hydrogens is 208 g/mol. The Morgan fingerprint density at radius 2 is 1.82 bits per heavy atom. The van der Waals surface area contributed by atoms with Gasteiger partial charge >= 0.3 is 0 Å². The maximum Gasteiger partial charge on any atom is 0.125 e. The van der Waals surface area contributed by atoms with Crippen molar-refractivity contribution in [2.75, 3.05) is 5.32 Å². The molecule has 0 spiro atoms. The molecule has 1 N–H and O–H groups in total. The van der Waals surface area contributed by atoms with Gasteiger partial charge < -0.3 is 5.32 Å². The molecule has 0 bridgehead atoms. The number of rotatable bonds is 2. The van der Waals surface area contributed by atoms with Gasteiger partial charge in [0.1, 0.15) is 5.54 Å². The maximum absolute atomic E-state index is 9.20. The highest BCUT2D eigenvalue weighted by atomic mass is 15.0. The fourth-order valence-corrected chi connectivity index (χ4v) is 2.34. The standard InChI is InChI=1S/C15H14N2/c16-11-15(8-3-9-15)17-14-7-6-12-4-1-2-5-13(12)10-14/h1-2,4-7,10,17H,3,8-9H2. The van der Waals surface area contributed by atoms with Gasteiger partial charge in [-0.25, -0.2) is 0 Å². The van der Waals surface area contributed by atoms with E-state index < -0.39 is 0 Å². The summed E-state index contributed by atoms with van der Waals surface area (Å²) in [5.74, 6) is 0. The van der Waals surface area contributed by atoms with Gasteiger partial charge in [-0.2, -0.15) is 5.26 Å². The van der Waals surface area contributed by atoms with Crippen molar-refractivity contribution in [3.63, 3.8) is 0 Å². The highest BCUT2D eigenvalue weighted by Crippen LogP contribution is 2.35. The molecule has 17 heavy (non-hydrogen) atoms. The van der Waals surface area contributed by atoms with Crippen molar-refractivity contribution in [3.05, 3.63) is 42.5 Å². The summed E-state index contributed by atoms with van der Waals surface area (Å²) < 4.78 is 0. The Labute approximate surface area is 101 Å². The zero-order valence-corrected chi connectivity index (χ0v) is 9.61. The van der Waals surface area contributed by atoms with Crippen LogP contribution in [0.3, 0.4) is 0 Å². The minimum Gasteiger partial charge on any atom is -0.367 e. The van der Waals surface area contributed by atoms with Crippen LogP contribution in [0.15, 0.2) is 42.5 Å². The van der Waals surface area contributed by atoms with Crippen molar-refractivity contribution in [1.82, 2.24) is 0 Å². The van der Waals surface area contributed by atoms with Crippen LogP contribution >= 0.6 is 0 Å². The Bertz CT molecular complexity index is 591. The molecule has 0 radical (unpaired) electrons. The van der Waals surface area contributed by atoms with E-state index in [-0.39, 0.29) is 5.54 Å². The van der Waals surface area contributed by atoms with Crippen LogP contribution in [-0.4, -0.2) is 5.54 Å². The quantitative estimate of drug-likeness (QED) is 0.841. The first-order valence-corrected chi connectivity index (χ1v) is 6.00. The number of hydrogen-bond donors (Lipinski definition) is 1. The second-order valence-electron chi connectivity index (χ2n) is 4.73. The van der Waals surface area contributed by atoms with Gasteiger partial charge in [0.15, 0.2) is 0 Å². The first-order chi connectivity index (χ1) is 8.31. The smallest absolute Gasteiger partial charge is 0.125 e. The van der Waals surface area contributed by atoms with E-state index in [0.717, 1.165) is 24.9 Å². The topological polar surface area (TPSA) is 35.8 Å². The summed E-state index contributed by atoms with van der Waals surface area (Å²) in [5, 5.41) is 15.0. The summed E-state index contributed by atoms with van der Waals surface area (Å²) in [6, 6.07) is 16.9. The lowest BCUT2D eigenvalue weighted by atomic mass is 9.78. The molecule has 0 saturated heterocycles. The van der Waals surface area contributed by atoms with Gasteiger partial charge in [0.25, 0.3) is 0 Å². The zero-order chi connectivity index (χ0) is 11.7. The molecule has 3 rings (SSSR count). The van der Waals surface area contributed by atoms with E-state index in [1.54, 1.807) is 0 Å². The van der Waals surface area contributed by atoms with Crippen LogP contribution in [0.1, 0.15) is 19.3 Å². The number of nitrogens with one attached hydrogen (secondary N) is 1. The molecule has 0 unspecified atom stereocenters.